The first-order valence-corrected chi connectivity index (χ1v) is 9.88. The molecule has 2 aromatic carbocycles. The zero-order valence-electron chi connectivity index (χ0n) is 15.0. The zero-order chi connectivity index (χ0) is 18.9. The lowest BCUT2D eigenvalue weighted by Crippen LogP contribution is -2.31. The molecule has 1 amide bonds. The molecular formula is C19H22N2O4S. The van der Waals surface area contributed by atoms with Gasteiger partial charge in [-0.05, 0) is 49.6 Å². The van der Waals surface area contributed by atoms with E-state index in [2.05, 4.69) is 4.72 Å². The van der Waals surface area contributed by atoms with Crippen LogP contribution < -0.4 is 14.4 Å². The maximum atomic E-state index is 13.0. The highest BCUT2D eigenvalue weighted by atomic mass is 32.2. The monoisotopic (exact) mass is 374 g/mol. The molecule has 138 valence electrons. The molecular weight excluding hydrogens is 352 g/mol. The van der Waals surface area contributed by atoms with Gasteiger partial charge in [-0.25, -0.2) is 8.42 Å². The summed E-state index contributed by atoms with van der Waals surface area (Å²) in [6, 6.07) is 12.1. The van der Waals surface area contributed by atoms with Gasteiger partial charge >= 0.3 is 0 Å². The van der Waals surface area contributed by atoms with Gasteiger partial charge in [-0.15, -0.1) is 0 Å². The molecule has 0 aliphatic heterocycles. The van der Waals surface area contributed by atoms with Crippen molar-refractivity contribution in [3.05, 3.63) is 48.0 Å². The summed E-state index contributed by atoms with van der Waals surface area (Å²) in [7, 11) is -2.45. The molecule has 3 rings (SSSR count). The fraction of sp³-hybridized carbons (Fsp3) is 0.316. The summed E-state index contributed by atoms with van der Waals surface area (Å²) in [6.45, 7) is 3.31. The largest absolute Gasteiger partial charge is 0.495 e. The Bertz CT molecular complexity index is 936. The second kappa shape index (κ2) is 6.99. The summed E-state index contributed by atoms with van der Waals surface area (Å²) >= 11 is 0. The van der Waals surface area contributed by atoms with Crippen LogP contribution in [0.1, 0.15) is 25.3 Å². The third-order valence-corrected chi connectivity index (χ3v) is 5.65. The Morgan fingerprint density at radius 3 is 2.50 bits per heavy atom. The number of para-hydroxylation sites is 2. The lowest BCUT2D eigenvalue weighted by Gasteiger charge is -2.24. The molecule has 0 bridgehead atoms. The number of hydrogen-bond acceptors (Lipinski definition) is 4. The number of amides is 1. The number of benzene rings is 2. The molecule has 6 nitrogen and oxygen atoms in total. The van der Waals surface area contributed by atoms with Gasteiger partial charge in [0.15, 0.2) is 0 Å². The van der Waals surface area contributed by atoms with E-state index in [0.717, 1.165) is 18.4 Å². The molecule has 0 saturated heterocycles. The third-order valence-electron chi connectivity index (χ3n) is 4.27. The molecule has 0 atom stereocenters. The minimum atomic E-state index is -3.88. The van der Waals surface area contributed by atoms with E-state index in [-0.39, 0.29) is 22.6 Å². The van der Waals surface area contributed by atoms with E-state index in [9.17, 15) is 13.2 Å². The second-order valence-corrected chi connectivity index (χ2v) is 8.05. The molecule has 1 saturated carbocycles. The van der Waals surface area contributed by atoms with Crippen LogP contribution in [0.15, 0.2) is 47.4 Å². The first kappa shape index (κ1) is 18.3. The molecule has 0 unspecified atom stereocenters. The third kappa shape index (κ3) is 3.67. The van der Waals surface area contributed by atoms with Gasteiger partial charge in [0.05, 0.1) is 18.5 Å². The van der Waals surface area contributed by atoms with E-state index >= 15 is 0 Å². The summed E-state index contributed by atoms with van der Waals surface area (Å²) in [5.74, 6) is 0.165. The number of hydrogen-bond donors (Lipinski definition) is 1. The van der Waals surface area contributed by atoms with E-state index < -0.39 is 10.0 Å². The van der Waals surface area contributed by atoms with E-state index in [1.54, 1.807) is 47.4 Å². The summed E-state index contributed by atoms with van der Waals surface area (Å²) in [4.78, 5) is 13.8. The standard InChI is InChI=1S/C19H22N2O4S/c1-13-8-11-18(25-3)19(12-13)26(23,24)20-16-6-4-5-7-17(16)21(14(2)22)15-9-10-15/h4-8,11-12,15,20H,9-10H2,1-3H3. The number of nitrogens with zero attached hydrogens (tertiary/aromatic N) is 1. The van der Waals surface area contributed by atoms with Crippen molar-refractivity contribution in [1.29, 1.82) is 0 Å². The van der Waals surface area contributed by atoms with Gasteiger partial charge in [-0.1, -0.05) is 18.2 Å². The number of anilines is 2. The molecule has 1 aliphatic rings. The number of aryl methyl sites for hydroxylation is 1. The average molecular weight is 374 g/mol. The summed E-state index contributed by atoms with van der Waals surface area (Å²) in [6.07, 6.45) is 1.85. The van der Waals surface area contributed by atoms with Crippen LogP contribution >= 0.6 is 0 Å². The molecule has 7 heteroatoms. The summed E-state index contributed by atoms with van der Waals surface area (Å²) < 4.78 is 33.8. The van der Waals surface area contributed by atoms with Crippen molar-refractivity contribution in [2.45, 2.75) is 37.6 Å². The van der Waals surface area contributed by atoms with Crippen LogP contribution in [-0.2, 0) is 14.8 Å². The van der Waals surface area contributed by atoms with E-state index in [1.807, 2.05) is 6.92 Å². The Kier molecular flexibility index (Phi) is 4.91. The van der Waals surface area contributed by atoms with Crippen LogP contribution in [-0.4, -0.2) is 27.5 Å². The average Bonchev–Trinajstić information content (AvgIpc) is 3.41. The molecule has 1 N–H and O–H groups in total. The predicted molar refractivity (Wildman–Crippen MR) is 101 cm³/mol. The highest BCUT2D eigenvalue weighted by Gasteiger charge is 2.34. The van der Waals surface area contributed by atoms with Crippen molar-refractivity contribution in [2.24, 2.45) is 0 Å². The lowest BCUT2D eigenvalue weighted by atomic mass is 10.2. The van der Waals surface area contributed by atoms with Crippen molar-refractivity contribution < 1.29 is 17.9 Å². The Morgan fingerprint density at radius 2 is 1.88 bits per heavy atom. The number of rotatable bonds is 6. The molecule has 0 radical (unpaired) electrons. The van der Waals surface area contributed by atoms with Crippen LogP contribution in [0.2, 0.25) is 0 Å². The number of ether oxygens (including phenoxy) is 1. The maximum absolute atomic E-state index is 13.0. The molecule has 0 spiro atoms. The highest BCUT2D eigenvalue weighted by Crippen LogP contribution is 2.37. The van der Waals surface area contributed by atoms with Crippen molar-refractivity contribution in [3.63, 3.8) is 0 Å². The second-order valence-electron chi connectivity index (χ2n) is 6.40. The number of carbonyl (C=O) groups is 1. The molecule has 2 aromatic rings. The number of nitrogens with one attached hydrogen (secondary N) is 1. The Labute approximate surface area is 153 Å². The van der Waals surface area contributed by atoms with Crippen molar-refractivity contribution in [2.75, 3.05) is 16.7 Å². The predicted octanol–water partition coefficient (Wildman–Crippen LogP) is 3.32. The van der Waals surface area contributed by atoms with Gasteiger partial charge in [0.2, 0.25) is 5.91 Å². The molecule has 0 aromatic heterocycles. The lowest BCUT2D eigenvalue weighted by molar-refractivity contribution is -0.116. The first-order chi connectivity index (χ1) is 12.3. The Morgan fingerprint density at radius 1 is 1.19 bits per heavy atom. The fourth-order valence-corrected chi connectivity index (χ4v) is 4.25. The van der Waals surface area contributed by atoms with Crippen molar-refractivity contribution >= 4 is 27.3 Å². The van der Waals surface area contributed by atoms with Gasteiger partial charge in [0, 0.05) is 13.0 Å². The molecule has 26 heavy (non-hydrogen) atoms. The first-order valence-electron chi connectivity index (χ1n) is 8.40. The van der Waals surface area contributed by atoms with E-state index in [0.29, 0.717) is 11.4 Å². The quantitative estimate of drug-likeness (QED) is 0.842. The molecule has 1 aliphatic carbocycles. The van der Waals surface area contributed by atoms with E-state index in [4.69, 9.17) is 4.74 Å². The van der Waals surface area contributed by atoms with Crippen LogP contribution in [0, 0.1) is 6.92 Å². The van der Waals surface area contributed by atoms with Gasteiger partial charge in [-0.2, -0.15) is 0 Å². The van der Waals surface area contributed by atoms with Crippen molar-refractivity contribution in [3.8, 4) is 5.75 Å². The number of sulfonamides is 1. The summed E-state index contributed by atoms with van der Waals surface area (Å²) in [5, 5.41) is 0. The topological polar surface area (TPSA) is 75.7 Å². The van der Waals surface area contributed by atoms with Crippen molar-refractivity contribution in [1.82, 2.24) is 0 Å². The van der Waals surface area contributed by atoms with Crippen LogP contribution in [0.3, 0.4) is 0 Å². The minimum Gasteiger partial charge on any atom is -0.495 e. The Balaban J connectivity index is 2.01. The smallest absolute Gasteiger partial charge is 0.265 e. The summed E-state index contributed by atoms with van der Waals surface area (Å²) in [5.41, 5.74) is 1.75. The molecule has 1 fully saturated rings. The van der Waals surface area contributed by atoms with Gasteiger partial charge in [0.1, 0.15) is 10.6 Å². The van der Waals surface area contributed by atoms with Gasteiger partial charge < -0.3 is 9.64 Å². The van der Waals surface area contributed by atoms with Gasteiger partial charge in [0.25, 0.3) is 10.0 Å². The normalized spacial score (nSPS) is 14.0. The maximum Gasteiger partial charge on any atom is 0.265 e. The zero-order valence-corrected chi connectivity index (χ0v) is 15.8. The van der Waals surface area contributed by atoms with Gasteiger partial charge in [-0.3, -0.25) is 9.52 Å². The number of methoxy groups -OCH3 is 1. The highest BCUT2D eigenvalue weighted by molar-refractivity contribution is 7.92. The van der Waals surface area contributed by atoms with Crippen LogP contribution in [0.5, 0.6) is 5.75 Å². The number of carbonyl (C=O) groups excluding carboxylic acids is 1. The molecule has 0 heterocycles. The van der Waals surface area contributed by atoms with Crippen LogP contribution in [0.25, 0.3) is 0 Å². The van der Waals surface area contributed by atoms with E-state index in [1.165, 1.54) is 14.0 Å². The fourth-order valence-electron chi connectivity index (χ4n) is 2.92. The van der Waals surface area contributed by atoms with Crippen LogP contribution in [0.4, 0.5) is 11.4 Å². The minimum absolute atomic E-state index is 0.0654. The SMILES string of the molecule is COc1ccc(C)cc1S(=O)(=O)Nc1ccccc1N(C(C)=O)C1CC1. The Hall–Kier alpha value is -2.54.